The van der Waals surface area contributed by atoms with E-state index in [4.69, 9.17) is 5.73 Å². The molecule has 0 bridgehead atoms. The van der Waals surface area contributed by atoms with E-state index < -0.39 is 0 Å². The number of nitrogens with zero attached hydrogens (tertiary/aromatic N) is 4. The van der Waals surface area contributed by atoms with E-state index in [1.165, 1.54) is 0 Å². The molecule has 2 aromatic rings. The van der Waals surface area contributed by atoms with Gasteiger partial charge in [-0.15, -0.1) is 5.10 Å². The van der Waals surface area contributed by atoms with Crippen LogP contribution in [0.5, 0.6) is 0 Å². The summed E-state index contributed by atoms with van der Waals surface area (Å²) < 4.78 is 1.80. The lowest BCUT2D eigenvalue weighted by molar-refractivity contribution is 0.570. The highest BCUT2D eigenvalue weighted by Gasteiger charge is 1.97. The van der Waals surface area contributed by atoms with Gasteiger partial charge in [0.2, 0.25) is 0 Å². The molecule has 2 heterocycles. The molecule has 0 aliphatic carbocycles. The molecule has 0 aliphatic heterocycles. The zero-order chi connectivity index (χ0) is 11.2. The van der Waals surface area contributed by atoms with Crippen LogP contribution in [-0.2, 0) is 6.54 Å². The predicted molar refractivity (Wildman–Crippen MR) is 61.8 cm³/mol. The smallest absolute Gasteiger partial charge is 0.146 e. The van der Waals surface area contributed by atoms with E-state index >= 15 is 0 Å². The van der Waals surface area contributed by atoms with E-state index in [1.807, 2.05) is 18.3 Å². The standard InChI is InChI=1S/C10H14N6/c11-10-9(3-1-4-13-10)12-5-2-7-16-8-6-14-15-16/h1,3-4,6,8,12H,2,5,7H2,(H2,11,13). The van der Waals surface area contributed by atoms with Crippen LogP contribution in [0.3, 0.4) is 0 Å². The first-order valence-corrected chi connectivity index (χ1v) is 5.15. The Kier molecular flexibility index (Phi) is 3.32. The molecule has 0 saturated carbocycles. The molecule has 6 nitrogen and oxygen atoms in total. The Morgan fingerprint density at radius 3 is 3.06 bits per heavy atom. The van der Waals surface area contributed by atoms with E-state index in [2.05, 4.69) is 20.6 Å². The predicted octanol–water partition coefficient (Wildman–Crippen LogP) is 0.757. The second-order valence-electron chi connectivity index (χ2n) is 3.38. The van der Waals surface area contributed by atoms with Crippen molar-refractivity contribution in [3.05, 3.63) is 30.7 Å². The molecule has 0 saturated heterocycles. The first-order valence-electron chi connectivity index (χ1n) is 5.15. The van der Waals surface area contributed by atoms with Crippen molar-refractivity contribution in [1.29, 1.82) is 0 Å². The monoisotopic (exact) mass is 218 g/mol. The highest BCUT2D eigenvalue weighted by atomic mass is 15.4. The van der Waals surface area contributed by atoms with Gasteiger partial charge in [0.15, 0.2) is 0 Å². The number of anilines is 2. The summed E-state index contributed by atoms with van der Waals surface area (Å²) in [5, 5.41) is 10.8. The van der Waals surface area contributed by atoms with Crippen LogP contribution in [0.2, 0.25) is 0 Å². The van der Waals surface area contributed by atoms with Crippen molar-refractivity contribution in [2.75, 3.05) is 17.6 Å². The van der Waals surface area contributed by atoms with Crippen molar-refractivity contribution in [1.82, 2.24) is 20.0 Å². The summed E-state index contributed by atoms with van der Waals surface area (Å²) in [6, 6.07) is 3.77. The fourth-order valence-corrected chi connectivity index (χ4v) is 1.38. The molecule has 2 aromatic heterocycles. The Labute approximate surface area is 93.5 Å². The summed E-state index contributed by atoms with van der Waals surface area (Å²) in [6.45, 7) is 1.67. The molecule has 0 radical (unpaired) electrons. The van der Waals surface area contributed by atoms with Crippen molar-refractivity contribution >= 4 is 11.5 Å². The average molecular weight is 218 g/mol. The van der Waals surface area contributed by atoms with Crippen molar-refractivity contribution in [2.24, 2.45) is 0 Å². The molecule has 3 N–H and O–H groups in total. The molecule has 0 aromatic carbocycles. The zero-order valence-corrected chi connectivity index (χ0v) is 8.87. The number of nitrogen functional groups attached to an aromatic ring is 1. The van der Waals surface area contributed by atoms with Gasteiger partial charge in [0.05, 0.1) is 11.9 Å². The number of nitrogens with one attached hydrogen (secondary N) is 1. The van der Waals surface area contributed by atoms with Gasteiger partial charge in [-0.05, 0) is 18.6 Å². The molecule has 6 heteroatoms. The van der Waals surface area contributed by atoms with Gasteiger partial charge in [-0.3, -0.25) is 4.68 Å². The number of hydrogen-bond donors (Lipinski definition) is 2. The van der Waals surface area contributed by atoms with Crippen LogP contribution in [-0.4, -0.2) is 26.5 Å². The third kappa shape index (κ3) is 2.69. The topological polar surface area (TPSA) is 81.6 Å². The highest BCUT2D eigenvalue weighted by molar-refractivity contribution is 5.60. The summed E-state index contributed by atoms with van der Waals surface area (Å²) in [5.74, 6) is 0.531. The van der Waals surface area contributed by atoms with Crippen molar-refractivity contribution < 1.29 is 0 Å². The third-order valence-corrected chi connectivity index (χ3v) is 2.19. The third-order valence-electron chi connectivity index (χ3n) is 2.19. The largest absolute Gasteiger partial charge is 0.382 e. The average Bonchev–Trinajstić information content (AvgIpc) is 2.79. The molecule has 2 rings (SSSR count). The van der Waals surface area contributed by atoms with E-state index in [0.29, 0.717) is 5.82 Å². The van der Waals surface area contributed by atoms with Gasteiger partial charge in [0.1, 0.15) is 5.82 Å². The molecule has 0 fully saturated rings. The van der Waals surface area contributed by atoms with E-state index in [0.717, 1.165) is 25.2 Å². The molecule has 84 valence electrons. The molecule has 0 unspecified atom stereocenters. The Hall–Kier alpha value is -2.11. The minimum Gasteiger partial charge on any atom is -0.382 e. The summed E-state index contributed by atoms with van der Waals surface area (Å²) in [7, 11) is 0. The normalized spacial score (nSPS) is 10.2. The summed E-state index contributed by atoms with van der Waals surface area (Å²) in [6.07, 6.45) is 6.15. The number of aryl methyl sites for hydroxylation is 1. The Balaban J connectivity index is 1.74. The van der Waals surface area contributed by atoms with Crippen LogP contribution < -0.4 is 11.1 Å². The molecule has 0 amide bonds. The van der Waals surface area contributed by atoms with Crippen LogP contribution in [0.25, 0.3) is 0 Å². The quantitative estimate of drug-likeness (QED) is 0.724. The number of pyridine rings is 1. The van der Waals surface area contributed by atoms with Gasteiger partial charge in [-0.2, -0.15) is 0 Å². The second-order valence-corrected chi connectivity index (χ2v) is 3.38. The molecule has 0 spiro atoms. The highest BCUT2D eigenvalue weighted by Crippen LogP contribution is 2.12. The van der Waals surface area contributed by atoms with Crippen molar-refractivity contribution in [3.63, 3.8) is 0 Å². The summed E-state index contributed by atoms with van der Waals surface area (Å²) in [4.78, 5) is 4.00. The lowest BCUT2D eigenvalue weighted by Gasteiger charge is -2.07. The van der Waals surface area contributed by atoms with Crippen molar-refractivity contribution in [2.45, 2.75) is 13.0 Å². The number of nitrogens with two attached hydrogens (primary N) is 1. The fraction of sp³-hybridized carbons (Fsp3) is 0.300. The SMILES string of the molecule is Nc1ncccc1NCCCn1ccnn1. The fourth-order valence-electron chi connectivity index (χ4n) is 1.38. The molecule has 0 aliphatic rings. The van der Waals surface area contributed by atoms with Gasteiger partial charge in [-0.25, -0.2) is 4.98 Å². The maximum absolute atomic E-state index is 5.70. The Morgan fingerprint density at radius 1 is 1.38 bits per heavy atom. The second kappa shape index (κ2) is 5.11. The number of rotatable bonds is 5. The van der Waals surface area contributed by atoms with Gasteiger partial charge in [-0.1, -0.05) is 5.21 Å². The summed E-state index contributed by atoms with van der Waals surface area (Å²) >= 11 is 0. The van der Waals surface area contributed by atoms with Crippen LogP contribution in [0, 0.1) is 0 Å². The van der Waals surface area contributed by atoms with Gasteiger partial charge in [0, 0.05) is 25.5 Å². The maximum atomic E-state index is 5.70. The minimum atomic E-state index is 0.531. The Morgan fingerprint density at radius 2 is 2.31 bits per heavy atom. The molecule has 0 atom stereocenters. The molecule has 16 heavy (non-hydrogen) atoms. The van der Waals surface area contributed by atoms with E-state index in [-0.39, 0.29) is 0 Å². The first kappa shape index (κ1) is 10.4. The summed E-state index contributed by atoms with van der Waals surface area (Å²) in [5.41, 5.74) is 6.57. The molecular weight excluding hydrogens is 204 g/mol. The van der Waals surface area contributed by atoms with Crippen LogP contribution in [0.15, 0.2) is 30.7 Å². The van der Waals surface area contributed by atoms with Gasteiger partial charge >= 0.3 is 0 Å². The van der Waals surface area contributed by atoms with Crippen LogP contribution >= 0.6 is 0 Å². The van der Waals surface area contributed by atoms with Crippen LogP contribution in [0.1, 0.15) is 6.42 Å². The molecular formula is C10H14N6. The number of aromatic nitrogens is 4. The first-order chi connectivity index (χ1) is 7.86. The van der Waals surface area contributed by atoms with E-state index in [1.54, 1.807) is 17.1 Å². The number of hydrogen-bond acceptors (Lipinski definition) is 5. The van der Waals surface area contributed by atoms with Crippen LogP contribution in [0.4, 0.5) is 11.5 Å². The van der Waals surface area contributed by atoms with E-state index in [9.17, 15) is 0 Å². The lowest BCUT2D eigenvalue weighted by Crippen LogP contribution is -2.09. The minimum absolute atomic E-state index is 0.531. The lowest BCUT2D eigenvalue weighted by atomic mass is 10.3. The van der Waals surface area contributed by atoms with Crippen molar-refractivity contribution in [3.8, 4) is 0 Å². The maximum Gasteiger partial charge on any atom is 0.146 e. The van der Waals surface area contributed by atoms with Gasteiger partial charge < -0.3 is 11.1 Å². The zero-order valence-electron chi connectivity index (χ0n) is 8.87. The van der Waals surface area contributed by atoms with Gasteiger partial charge in [0.25, 0.3) is 0 Å². The Bertz CT molecular complexity index is 425.